The summed E-state index contributed by atoms with van der Waals surface area (Å²) in [5, 5.41) is 9.56. The molecule has 0 atom stereocenters. The summed E-state index contributed by atoms with van der Waals surface area (Å²) in [5.74, 6) is -0.410. The lowest BCUT2D eigenvalue weighted by Gasteiger charge is -2.07. The van der Waals surface area contributed by atoms with E-state index < -0.39 is 0 Å². The molecule has 2 aromatic rings. The Balaban J connectivity index is 1.97. The molecule has 0 fully saturated rings. The first kappa shape index (κ1) is 14.4. The largest absolute Gasteiger partial charge is 0.398 e. The van der Waals surface area contributed by atoms with Gasteiger partial charge in [0.2, 0.25) is 5.91 Å². The molecule has 0 aliphatic carbocycles. The SMILES string of the molecule is Cc1n[nH]c(C)c1NC(=O)CSc1cc(F)ccc1N. The van der Waals surface area contributed by atoms with Crippen molar-refractivity contribution in [3.8, 4) is 0 Å². The number of benzene rings is 1. The third kappa shape index (κ3) is 3.30. The Kier molecular flexibility index (Phi) is 4.29. The first-order valence-corrected chi connectivity index (χ1v) is 6.95. The van der Waals surface area contributed by atoms with Crippen molar-refractivity contribution in [2.24, 2.45) is 0 Å². The Hall–Kier alpha value is -2.02. The van der Waals surface area contributed by atoms with Crippen molar-refractivity contribution >= 4 is 29.0 Å². The van der Waals surface area contributed by atoms with Crippen LogP contribution in [0, 0.1) is 19.7 Å². The summed E-state index contributed by atoms with van der Waals surface area (Å²) in [4.78, 5) is 12.4. The summed E-state index contributed by atoms with van der Waals surface area (Å²) in [6.07, 6.45) is 0. The van der Waals surface area contributed by atoms with Crippen LogP contribution in [0.2, 0.25) is 0 Å². The molecule has 1 amide bonds. The third-order valence-corrected chi connectivity index (χ3v) is 3.80. The summed E-state index contributed by atoms with van der Waals surface area (Å²) < 4.78 is 13.1. The maximum Gasteiger partial charge on any atom is 0.234 e. The van der Waals surface area contributed by atoms with E-state index in [1.165, 1.54) is 30.0 Å². The van der Waals surface area contributed by atoms with E-state index in [0.717, 1.165) is 11.4 Å². The number of nitrogens with two attached hydrogens (primary N) is 1. The highest BCUT2D eigenvalue weighted by atomic mass is 32.2. The van der Waals surface area contributed by atoms with E-state index in [-0.39, 0.29) is 17.5 Å². The fourth-order valence-electron chi connectivity index (χ4n) is 1.69. The monoisotopic (exact) mass is 294 g/mol. The van der Waals surface area contributed by atoms with Crippen LogP contribution in [-0.4, -0.2) is 21.9 Å². The van der Waals surface area contributed by atoms with E-state index in [2.05, 4.69) is 15.5 Å². The predicted octanol–water partition coefficient (Wildman–Crippen LogP) is 2.48. The number of aryl methyl sites for hydroxylation is 2. The van der Waals surface area contributed by atoms with Crippen LogP contribution in [0.3, 0.4) is 0 Å². The summed E-state index contributed by atoms with van der Waals surface area (Å²) in [5.41, 5.74) is 8.39. The fraction of sp³-hybridized carbons (Fsp3) is 0.231. The minimum Gasteiger partial charge on any atom is -0.398 e. The van der Waals surface area contributed by atoms with E-state index in [0.29, 0.717) is 16.3 Å². The molecule has 0 unspecified atom stereocenters. The number of carbonyl (C=O) groups excluding carboxylic acids is 1. The van der Waals surface area contributed by atoms with Crippen LogP contribution in [0.4, 0.5) is 15.8 Å². The number of hydrogen-bond acceptors (Lipinski definition) is 4. The Morgan fingerprint density at radius 1 is 1.50 bits per heavy atom. The van der Waals surface area contributed by atoms with Crippen molar-refractivity contribution in [1.29, 1.82) is 0 Å². The second kappa shape index (κ2) is 5.96. The topological polar surface area (TPSA) is 83.8 Å². The standard InChI is InChI=1S/C13H15FN4OS/c1-7-13(8(2)18-17-7)16-12(19)6-20-11-5-9(14)3-4-10(11)15/h3-5H,6,15H2,1-2H3,(H,16,19)(H,17,18). The number of rotatable bonds is 4. The van der Waals surface area contributed by atoms with Crippen LogP contribution in [0.15, 0.2) is 23.1 Å². The number of aromatic amines is 1. The molecule has 1 heterocycles. The molecule has 7 heteroatoms. The van der Waals surface area contributed by atoms with Crippen LogP contribution in [0.25, 0.3) is 0 Å². The van der Waals surface area contributed by atoms with Gasteiger partial charge in [-0.2, -0.15) is 5.10 Å². The summed E-state index contributed by atoms with van der Waals surface area (Å²) in [6.45, 7) is 3.63. The summed E-state index contributed by atoms with van der Waals surface area (Å²) in [7, 11) is 0. The average molecular weight is 294 g/mol. The first-order chi connectivity index (χ1) is 9.47. The zero-order valence-corrected chi connectivity index (χ0v) is 12.0. The second-order valence-corrected chi connectivity index (χ2v) is 5.35. The van der Waals surface area contributed by atoms with Crippen LogP contribution >= 0.6 is 11.8 Å². The number of nitrogens with one attached hydrogen (secondary N) is 2. The summed E-state index contributed by atoms with van der Waals surface area (Å²) in [6, 6.07) is 4.10. The molecule has 0 radical (unpaired) electrons. The molecular weight excluding hydrogens is 279 g/mol. The van der Waals surface area contributed by atoms with Crippen molar-refractivity contribution in [3.63, 3.8) is 0 Å². The van der Waals surface area contributed by atoms with Gasteiger partial charge in [-0.1, -0.05) is 0 Å². The van der Waals surface area contributed by atoms with Crippen LogP contribution in [0.1, 0.15) is 11.4 Å². The number of amides is 1. The quantitative estimate of drug-likeness (QED) is 0.597. The van der Waals surface area contributed by atoms with Crippen LogP contribution < -0.4 is 11.1 Å². The Bertz CT molecular complexity index is 622. The molecule has 106 valence electrons. The van der Waals surface area contributed by atoms with Gasteiger partial charge in [-0.25, -0.2) is 4.39 Å². The van der Waals surface area contributed by atoms with Crippen molar-refractivity contribution in [1.82, 2.24) is 10.2 Å². The van der Waals surface area contributed by atoms with Gasteiger partial charge >= 0.3 is 0 Å². The van der Waals surface area contributed by atoms with Gasteiger partial charge in [0.25, 0.3) is 0 Å². The average Bonchev–Trinajstić information content (AvgIpc) is 2.71. The maximum absolute atomic E-state index is 13.1. The molecule has 0 aliphatic rings. The highest BCUT2D eigenvalue weighted by Gasteiger charge is 2.11. The lowest BCUT2D eigenvalue weighted by molar-refractivity contribution is -0.113. The molecule has 0 bridgehead atoms. The fourth-order valence-corrected chi connectivity index (χ4v) is 2.48. The van der Waals surface area contributed by atoms with E-state index in [1.54, 1.807) is 6.92 Å². The highest BCUT2D eigenvalue weighted by molar-refractivity contribution is 8.00. The Morgan fingerprint density at radius 2 is 2.25 bits per heavy atom. The number of nitrogen functional groups attached to an aromatic ring is 1. The lowest BCUT2D eigenvalue weighted by atomic mass is 10.3. The zero-order chi connectivity index (χ0) is 14.7. The normalized spacial score (nSPS) is 10.6. The third-order valence-electron chi connectivity index (χ3n) is 2.73. The van der Waals surface area contributed by atoms with Gasteiger partial charge in [-0.15, -0.1) is 11.8 Å². The summed E-state index contributed by atoms with van der Waals surface area (Å²) >= 11 is 1.20. The van der Waals surface area contributed by atoms with E-state index in [1.807, 2.05) is 6.92 Å². The van der Waals surface area contributed by atoms with Gasteiger partial charge in [-0.05, 0) is 32.0 Å². The van der Waals surface area contributed by atoms with Gasteiger partial charge in [-0.3, -0.25) is 9.89 Å². The number of anilines is 2. The number of nitrogens with zero attached hydrogens (tertiary/aromatic N) is 1. The van der Waals surface area contributed by atoms with Gasteiger partial charge < -0.3 is 11.1 Å². The molecule has 5 nitrogen and oxygen atoms in total. The number of aromatic nitrogens is 2. The molecule has 2 rings (SSSR count). The highest BCUT2D eigenvalue weighted by Crippen LogP contribution is 2.26. The minimum atomic E-state index is -0.372. The number of carbonyl (C=O) groups is 1. The number of halogens is 1. The van der Waals surface area contributed by atoms with E-state index >= 15 is 0 Å². The molecule has 4 N–H and O–H groups in total. The minimum absolute atomic E-state index is 0.151. The predicted molar refractivity (Wildman–Crippen MR) is 78.2 cm³/mol. The van der Waals surface area contributed by atoms with Gasteiger partial charge in [0.15, 0.2) is 0 Å². The second-order valence-electron chi connectivity index (χ2n) is 4.33. The molecule has 20 heavy (non-hydrogen) atoms. The number of hydrogen-bond donors (Lipinski definition) is 3. The molecular formula is C13H15FN4OS. The lowest BCUT2D eigenvalue weighted by Crippen LogP contribution is -2.15. The molecule has 1 aromatic heterocycles. The number of H-pyrrole nitrogens is 1. The molecule has 0 saturated heterocycles. The zero-order valence-electron chi connectivity index (χ0n) is 11.2. The van der Waals surface area contributed by atoms with E-state index in [9.17, 15) is 9.18 Å². The molecule has 1 aromatic carbocycles. The molecule has 0 aliphatic heterocycles. The van der Waals surface area contributed by atoms with Gasteiger partial charge in [0.1, 0.15) is 5.82 Å². The molecule has 0 saturated carbocycles. The van der Waals surface area contributed by atoms with E-state index in [4.69, 9.17) is 5.73 Å². The van der Waals surface area contributed by atoms with Crippen molar-refractivity contribution in [3.05, 3.63) is 35.4 Å². The molecule has 0 spiro atoms. The Labute approximate surface area is 120 Å². The number of thioether (sulfide) groups is 1. The van der Waals surface area contributed by atoms with Gasteiger partial charge in [0, 0.05) is 10.6 Å². The van der Waals surface area contributed by atoms with Crippen molar-refractivity contribution < 1.29 is 9.18 Å². The van der Waals surface area contributed by atoms with Crippen molar-refractivity contribution in [2.75, 3.05) is 16.8 Å². The van der Waals surface area contributed by atoms with Gasteiger partial charge in [0.05, 0.1) is 22.8 Å². The van der Waals surface area contributed by atoms with Crippen molar-refractivity contribution in [2.45, 2.75) is 18.7 Å². The van der Waals surface area contributed by atoms with Crippen LogP contribution in [0.5, 0.6) is 0 Å². The maximum atomic E-state index is 13.1. The smallest absolute Gasteiger partial charge is 0.234 e. The first-order valence-electron chi connectivity index (χ1n) is 5.96. The van der Waals surface area contributed by atoms with Crippen LogP contribution in [-0.2, 0) is 4.79 Å². The Morgan fingerprint density at radius 3 is 2.90 bits per heavy atom.